The molecule has 0 radical (unpaired) electrons. The van der Waals surface area contributed by atoms with Crippen molar-refractivity contribution in [3.8, 4) is 5.75 Å². The molecule has 0 saturated carbocycles. The largest absolute Gasteiger partial charge is 0.494 e. The number of aliphatic hydroxyl groups is 1. The quantitative estimate of drug-likeness (QED) is 0.675. The van der Waals surface area contributed by atoms with Crippen LogP contribution in [0.25, 0.3) is 0 Å². The minimum Gasteiger partial charge on any atom is -0.494 e. The van der Waals surface area contributed by atoms with Crippen molar-refractivity contribution in [2.45, 2.75) is 24.0 Å². The van der Waals surface area contributed by atoms with Crippen LogP contribution in [0.1, 0.15) is 6.92 Å². The Balaban J connectivity index is 2.86. The van der Waals surface area contributed by atoms with Gasteiger partial charge in [-0.3, -0.25) is 0 Å². The van der Waals surface area contributed by atoms with E-state index in [1.54, 1.807) is 0 Å². The Labute approximate surface area is 111 Å². The monoisotopic (exact) mass is 292 g/mol. The van der Waals surface area contributed by atoms with Gasteiger partial charge in [-0.05, 0) is 25.1 Å². The van der Waals surface area contributed by atoms with Gasteiger partial charge in [0.05, 0.1) is 18.1 Å². The molecule has 4 N–H and O–H groups in total. The number of sulfonamides is 1. The maximum Gasteiger partial charge on any atom is 0.240 e. The van der Waals surface area contributed by atoms with Gasteiger partial charge in [-0.15, -0.1) is 0 Å². The zero-order valence-electron chi connectivity index (χ0n) is 10.6. The summed E-state index contributed by atoms with van der Waals surface area (Å²) in [6, 6.07) is 2.56. The fourth-order valence-corrected chi connectivity index (χ4v) is 2.36. The summed E-state index contributed by atoms with van der Waals surface area (Å²) < 4.78 is 44.0. The molecule has 0 aromatic heterocycles. The lowest BCUT2D eigenvalue weighted by Crippen LogP contribution is -2.43. The Kier molecular flexibility index (Phi) is 5.24. The van der Waals surface area contributed by atoms with E-state index in [-0.39, 0.29) is 17.2 Å². The Bertz CT molecular complexity index is 533. The SMILES string of the molecule is COc1ccc(S(=O)(=O)NCC(N)C(C)O)cc1F. The number of rotatable bonds is 6. The molecule has 0 aliphatic rings. The fraction of sp³-hybridized carbons (Fsp3) is 0.455. The van der Waals surface area contributed by atoms with Crippen LogP contribution in [0.5, 0.6) is 5.75 Å². The van der Waals surface area contributed by atoms with Crippen molar-refractivity contribution in [3.05, 3.63) is 24.0 Å². The Morgan fingerprint density at radius 3 is 2.63 bits per heavy atom. The van der Waals surface area contributed by atoms with Crippen molar-refractivity contribution in [2.24, 2.45) is 5.73 Å². The smallest absolute Gasteiger partial charge is 0.240 e. The standard InChI is InChI=1S/C11H17FN2O4S/c1-7(15)10(13)6-14-19(16,17)8-3-4-11(18-2)9(12)5-8/h3-5,7,10,14-15H,6,13H2,1-2H3. The van der Waals surface area contributed by atoms with Gasteiger partial charge in [-0.2, -0.15) is 0 Å². The molecule has 0 aliphatic carbocycles. The molecule has 8 heteroatoms. The van der Waals surface area contributed by atoms with Crippen LogP contribution in [0.4, 0.5) is 4.39 Å². The summed E-state index contributed by atoms with van der Waals surface area (Å²) >= 11 is 0. The topological polar surface area (TPSA) is 102 Å². The summed E-state index contributed by atoms with van der Waals surface area (Å²) in [6.45, 7) is 1.31. The summed E-state index contributed by atoms with van der Waals surface area (Å²) in [5.74, 6) is -0.815. The van der Waals surface area contributed by atoms with Crippen LogP contribution in [0, 0.1) is 5.82 Å². The molecule has 0 bridgehead atoms. The van der Waals surface area contributed by atoms with Crippen LogP contribution >= 0.6 is 0 Å². The van der Waals surface area contributed by atoms with E-state index >= 15 is 0 Å². The molecule has 0 saturated heterocycles. The highest BCUT2D eigenvalue weighted by atomic mass is 32.2. The average Bonchev–Trinajstić information content (AvgIpc) is 2.35. The lowest BCUT2D eigenvalue weighted by Gasteiger charge is -2.15. The van der Waals surface area contributed by atoms with Gasteiger partial charge in [0, 0.05) is 12.6 Å². The van der Waals surface area contributed by atoms with E-state index in [0.717, 1.165) is 6.07 Å². The molecule has 1 rings (SSSR count). The molecule has 1 aromatic carbocycles. The molecule has 1 aromatic rings. The second-order valence-corrected chi connectivity index (χ2v) is 5.82. The van der Waals surface area contributed by atoms with Gasteiger partial charge in [0.15, 0.2) is 11.6 Å². The number of nitrogens with one attached hydrogen (secondary N) is 1. The molecule has 19 heavy (non-hydrogen) atoms. The highest BCUT2D eigenvalue weighted by Crippen LogP contribution is 2.20. The number of hydrogen-bond donors (Lipinski definition) is 3. The first-order valence-electron chi connectivity index (χ1n) is 5.54. The van der Waals surface area contributed by atoms with Gasteiger partial charge < -0.3 is 15.6 Å². The first-order valence-corrected chi connectivity index (χ1v) is 7.03. The lowest BCUT2D eigenvalue weighted by atomic mass is 10.2. The maximum atomic E-state index is 13.4. The third-order valence-electron chi connectivity index (χ3n) is 2.56. The Hall–Kier alpha value is -1.22. The molecule has 0 aliphatic heterocycles. The molecule has 108 valence electrons. The van der Waals surface area contributed by atoms with Crippen LogP contribution < -0.4 is 15.2 Å². The van der Waals surface area contributed by atoms with E-state index in [0.29, 0.717) is 0 Å². The number of hydrogen-bond acceptors (Lipinski definition) is 5. The molecule has 0 fully saturated rings. The zero-order chi connectivity index (χ0) is 14.6. The molecule has 0 spiro atoms. The number of halogens is 1. The van der Waals surface area contributed by atoms with Gasteiger partial charge in [0.2, 0.25) is 10.0 Å². The molecule has 0 amide bonds. The van der Waals surface area contributed by atoms with Crippen LogP contribution in [-0.4, -0.2) is 39.3 Å². The van der Waals surface area contributed by atoms with Crippen LogP contribution in [-0.2, 0) is 10.0 Å². The lowest BCUT2D eigenvalue weighted by molar-refractivity contribution is 0.164. The van der Waals surface area contributed by atoms with Crippen molar-refractivity contribution in [1.29, 1.82) is 0 Å². The van der Waals surface area contributed by atoms with Crippen molar-refractivity contribution in [2.75, 3.05) is 13.7 Å². The van der Waals surface area contributed by atoms with E-state index < -0.39 is 28.0 Å². The second-order valence-electron chi connectivity index (χ2n) is 4.05. The van der Waals surface area contributed by atoms with Gasteiger partial charge >= 0.3 is 0 Å². The molecule has 2 unspecified atom stereocenters. The second kappa shape index (κ2) is 6.29. The van der Waals surface area contributed by atoms with Crippen molar-refractivity contribution < 1.29 is 22.7 Å². The van der Waals surface area contributed by atoms with E-state index in [1.807, 2.05) is 0 Å². The van der Waals surface area contributed by atoms with E-state index in [2.05, 4.69) is 4.72 Å². The summed E-state index contributed by atoms with van der Waals surface area (Å²) in [7, 11) is -2.59. The van der Waals surface area contributed by atoms with Crippen LogP contribution in [0.15, 0.2) is 23.1 Å². The molecule has 6 nitrogen and oxygen atoms in total. The summed E-state index contributed by atoms with van der Waals surface area (Å²) in [4.78, 5) is -0.233. The van der Waals surface area contributed by atoms with Gasteiger partial charge in [0.25, 0.3) is 0 Å². The first kappa shape index (κ1) is 15.8. The number of nitrogens with two attached hydrogens (primary N) is 1. The molecule has 0 heterocycles. The van der Waals surface area contributed by atoms with Crippen molar-refractivity contribution in [1.82, 2.24) is 4.72 Å². The van der Waals surface area contributed by atoms with Crippen LogP contribution in [0.2, 0.25) is 0 Å². The Morgan fingerprint density at radius 1 is 1.53 bits per heavy atom. The van der Waals surface area contributed by atoms with Gasteiger partial charge in [-0.1, -0.05) is 0 Å². The molecule has 2 atom stereocenters. The third-order valence-corrected chi connectivity index (χ3v) is 3.98. The normalized spacial score (nSPS) is 15.0. The van der Waals surface area contributed by atoms with E-state index in [9.17, 15) is 12.8 Å². The zero-order valence-corrected chi connectivity index (χ0v) is 11.4. The van der Waals surface area contributed by atoms with E-state index in [1.165, 1.54) is 26.2 Å². The van der Waals surface area contributed by atoms with Gasteiger partial charge in [0.1, 0.15) is 0 Å². The summed E-state index contributed by atoms with van der Waals surface area (Å²) in [5.41, 5.74) is 5.51. The number of ether oxygens (including phenoxy) is 1. The first-order chi connectivity index (χ1) is 8.77. The predicted octanol–water partition coefficient (Wildman–Crippen LogP) is -0.179. The maximum absolute atomic E-state index is 13.4. The summed E-state index contributed by atoms with van der Waals surface area (Å²) in [6.07, 6.45) is -0.852. The minimum absolute atomic E-state index is 0.0420. The minimum atomic E-state index is -3.87. The van der Waals surface area contributed by atoms with Gasteiger partial charge in [-0.25, -0.2) is 17.5 Å². The number of aliphatic hydroxyl groups excluding tert-OH is 1. The van der Waals surface area contributed by atoms with Crippen LogP contribution in [0.3, 0.4) is 0 Å². The van der Waals surface area contributed by atoms with E-state index in [4.69, 9.17) is 15.6 Å². The third kappa shape index (κ3) is 4.13. The predicted molar refractivity (Wildman–Crippen MR) is 67.8 cm³/mol. The van der Waals surface area contributed by atoms with Crippen molar-refractivity contribution in [3.63, 3.8) is 0 Å². The Morgan fingerprint density at radius 2 is 2.16 bits per heavy atom. The molecular formula is C11H17FN2O4S. The average molecular weight is 292 g/mol. The highest BCUT2D eigenvalue weighted by molar-refractivity contribution is 7.89. The van der Waals surface area contributed by atoms with Crippen molar-refractivity contribution >= 4 is 10.0 Å². The highest BCUT2D eigenvalue weighted by Gasteiger charge is 2.19. The fourth-order valence-electron chi connectivity index (χ4n) is 1.27. The summed E-state index contributed by atoms with van der Waals surface area (Å²) in [5, 5.41) is 9.16. The molecular weight excluding hydrogens is 275 g/mol. The number of benzene rings is 1. The number of methoxy groups -OCH3 is 1.